The van der Waals surface area contributed by atoms with Gasteiger partial charge in [-0.3, -0.25) is 19.8 Å². The van der Waals surface area contributed by atoms with Crippen LogP contribution in [0.15, 0.2) is 54.6 Å². The van der Waals surface area contributed by atoms with Crippen molar-refractivity contribution in [2.45, 2.75) is 19.9 Å². The van der Waals surface area contributed by atoms with E-state index in [1.54, 1.807) is 55.5 Å². The third-order valence-corrected chi connectivity index (χ3v) is 5.53. The molecule has 0 radical (unpaired) electrons. The quantitative estimate of drug-likeness (QED) is 0.101. The van der Waals surface area contributed by atoms with Gasteiger partial charge in [0.1, 0.15) is 12.4 Å². The first-order valence-corrected chi connectivity index (χ1v) is 12.4. The van der Waals surface area contributed by atoms with E-state index in [1.165, 1.54) is 6.07 Å². The maximum absolute atomic E-state index is 13.1. The molecule has 0 aromatic heterocycles. The Labute approximate surface area is 236 Å². The van der Waals surface area contributed by atoms with Gasteiger partial charge in [0, 0.05) is 41.2 Å². The molecule has 3 aromatic rings. The van der Waals surface area contributed by atoms with E-state index < -0.39 is 11.9 Å². The summed E-state index contributed by atoms with van der Waals surface area (Å²) in [5.41, 5.74) is 8.24. The fourth-order valence-corrected chi connectivity index (χ4v) is 3.83. The average Bonchev–Trinajstić information content (AvgIpc) is 2.93. The first-order chi connectivity index (χ1) is 19.2. The van der Waals surface area contributed by atoms with Crippen LogP contribution in [0.1, 0.15) is 34.0 Å². The number of aliphatic hydroxyl groups is 1. The summed E-state index contributed by atoms with van der Waals surface area (Å²) in [5.74, 6) is -0.918. The Bertz CT molecular complexity index is 1350. The van der Waals surface area contributed by atoms with Gasteiger partial charge < -0.3 is 36.1 Å². The van der Waals surface area contributed by atoms with Crippen LogP contribution in [-0.4, -0.2) is 54.5 Å². The van der Waals surface area contributed by atoms with Crippen molar-refractivity contribution in [1.29, 1.82) is 5.41 Å². The molecule has 0 spiro atoms. The molecule has 3 rings (SSSR count). The molecular formula is C28H31ClN4O7. The molecule has 3 aromatic carbocycles. The smallest absolute Gasteiger partial charge is 0.307 e. The van der Waals surface area contributed by atoms with Gasteiger partial charge >= 0.3 is 5.97 Å². The molecule has 0 atom stereocenters. The lowest BCUT2D eigenvalue weighted by molar-refractivity contribution is -0.136. The topological polar surface area (TPSA) is 184 Å². The number of aliphatic carboxylic acids is 1. The van der Waals surface area contributed by atoms with Crippen molar-refractivity contribution in [3.05, 3.63) is 81.9 Å². The van der Waals surface area contributed by atoms with Crippen molar-refractivity contribution in [1.82, 2.24) is 0 Å². The number of nitrogens with two attached hydrogens (primary N) is 1. The Morgan fingerprint density at radius 2 is 1.77 bits per heavy atom. The number of nitrogens with one attached hydrogen (secondary N) is 3. The Balaban J connectivity index is 0.00000274. The number of amides is 1. The molecule has 7 N–H and O–H groups in total. The van der Waals surface area contributed by atoms with Crippen LogP contribution in [0.4, 0.5) is 11.4 Å². The third-order valence-electron chi connectivity index (χ3n) is 5.29. The molecule has 0 saturated carbocycles. The molecule has 1 amide bonds. The number of nitrogen functional groups attached to an aromatic ring is 1. The number of hydrogen-bond donors (Lipinski definition) is 6. The second-order valence-electron chi connectivity index (χ2n) is 8.05. The van der Waals surface area contributed by atoms with Crippen LogP contribution < -0.4 is 25.8 Å². The number of anilines is 2. The van der Waals surface area contributed by atoms with E-state index in [9.17, 15) is 19.5 Å². The number of hydrogen-bond acceptors (Lipinski definition) is 8. The molecule has 0 bridgehead atoms. The van der Waals surface area contributed by atoms with Crippen molar-refractivity contribution in [3.63, 3.8) is 0 Å². The highest BCUT2D eigenvalue weighted by Gasteiger charge is 2.18. The van der Waals surface area contributed by atoms with Gasteiger partial charge in [0.05, 0.1) is 18.6 Å². The molecule has 0 saturated heterocycles. The number of benzene rings is 3. The van der Waals surface area contributed by atoms with Crippen molar-refractivity contribution >= 4 is 47.0 Å². The van der Waals surface area contributed by atoms with E-state index in [0.29, 0.717) is 57.5 Å². The fraction of sp³-hybridized carbons (Fsp3) is 0.214. The maximum atomic E-state index is 13.1. The molecule has 0 aliphatic rings. The number of rotatable bonds is 13. The zero-order valence-electron chi connectivity index (χ0n) is 22.0. The predicted molar refractivity (Wildman–Crippen MR) is 153 cm³/mol. The Kier molecular flexibility index (Phi) is 12.4. The Morgan fingerprint density at radius 3 is 2.38 bits per heavy atom. The number of carboxylic acid groups (broad SMARTS) is 1. The number of halogens is 1. The SMILES string of the molecule is CCOc1cc(CC(=O)O)cc(CNc2ccc(Cl)cc2C(=O)Nc2ccc(C(=N)N)cc2)c1OCC=O.CO. The monoisotopic (exact) mass is 570 g/mol. The number of amidine groups is 1. The van der Waals surface area contributed by atoms with E-state index in [4.69, 9.17) is 37.3 Å². The molecule has 0 fully saturated rings. The summed E-state index contributed by atoms with van der Waals surface area (Å²) >= 11 is 6.17. The first-order valence-electron chi connectivity index (χ1n) is 12.0. The second kappa shape index (κ2) is 15.7. The van der Waals surface area contributed by atoms with Gasteiger partial charge in [0.25, 0.3) is 5.91 Å². The normalized spacial score (nSPS) is 10.0. The van der Waals surface area contributed by atoms with Gasteiger partial charge in [-0.25, -0.2) is 0 Å². The summed E-state index contributed by atoms with van der Waals surface area (Å²) < 4.78 is 11.3. The summed E-state index contributed by atoms with van der Waals surface area (Å²) in [6, 6.07) is 14.5. The summed E-state index contributed by atoms with van der Waals surface area (Å²) in [4.78, 5) is 35.4. The van der Waals surface area contributed by atoms with Crippen LogP contribution in [-0.2, 0) is 22.6 Å². The fourth-order valence-electron chi connectivity index (χ4n) is 3.66. The molecule has 0 aliphatic carbocycles. The minimum absolute atomic E-state index is 0.0828. The number of aldehydes is 1. The van der Waals surface area contributed by atoms with E-state index >= 15 is 0 Å². The molecule has 11 nitrogen and oxygen atoms in total. The van der Waals surface area contributed by atoms with Gasteiger partial charge in [-0.2, -0.15) is 0 Å². The molecule has 0 heterocycles. The highest BCUT2D eigenvalue weighted by Crippen LogP contribution is 2.34. The van der Waals surface area contributed by atoms with Crippen LogP contribution in [0.3, 0.4) is 0 Å². The van der Waals surface area contributed by atoms with E-state index in [2.05, 4.69) is 10.6 Å². The van der Waals surface area contributed by atoms with Crippen molar-refractivity contribution in [2.24, 2.45) is 5.73 Å². The Morgan fingerprint density at radius 1 is 1.07 bits per heavy atom. The highest BCUT2D eigenvalue weighted by molar-refractivity contribution is 6.31. The number of aliphatic hydroxyl groups excluding tert-OH is 1. The lowest BCUT2D eigenvalue weighted by atomic mass is 10.0. The zero-order chi connectivity index (χ0) is 29.7. The predicted octanol–water partition coefficient (Wildman–Crippen LogP) is 3.70. The lowest BCUT2D eigenvalue weighted by Crippen LogP contribution is -2.16. The van der Waals surface area contributed by atoms with Crippen molar-refractivity contribution in [3.8, 4) is 11.5 Å². The van der Waals surface area contributed by atoms with E-state index in [1.807, 2.05) is 0 Å². The van der Waals surface area contributed by atoms with Gasteiger partial charge in [0.15, 0.2) is 17.8 Å². The summed E-state index contributed by atoms with van der Waals surface area (Å²) in [7, 11) is 1.00. The molecule has 0 aliphatic heterocycles. The van der Waals surface area contributed by atoms with Crippen LogP contribution in [0.25, 0.3) is 0 Å². The van der Waals surface area contributed by atoms with Crippen molar-refractivity contribution in [2.75, 3.05) is 31.0 Å². The molecule has 0 unspecified atom stereocenters. The van der Waals surface area contributed by atoms with Crippen LogP contribution in [0, 0.1) is 5.41 Å². The average molecular weight is 571 g/mol. The summed E-state index contributed by atoms with van der Waals surface area (Å²) in [5, 5.41) is 30.1. The maximum Gasteiger partial charge on any atom is 0.307 e. The second-order valence-corrected chi connectivity index (χ2v) is 8.49. The van der Waals surface area contributed by atoms with E-state index in [0.717, 1.165) is 7.11 Å². The number of carbonyl (C=O) groups excluding carboxylic acids is 2. The zero-order valence-corrected chi connectivity index (χ0v) is 22.7. The standard InChI is InChI=1S/C27H27ClN4O6.CH4O/c1-2-37-23-12-16(13-24(34)35)11-18(25(23)38-10-9-33)15-31-22-8-5-19(28)14-21(22)27(36)32-20-6-3-17(4-7-20)26(29)30;1-2/h3-9,11-12,14,31H,2,10,13,15H2,1H3,(H3,29,30)(H,32,36)(H,34,35);2H,1H3. The number of carboxylic acids is 1. The highest BCUT2D eigenvalue weighted by atomic mass is 35.5. The third kappa shape index (κ3) is 9.00. The Hall–Kier alpha value is -4.61. The van der Waals surface area contributed by atoms with Crippen LogP contribution in [0.5, 0.6) is 11.5 Å². The lowest BCUT2D eigenvalue weighted by Gasteiger charge is -2.18. The van der Waals surface area contributed by atoms with Crippen molar-refractivity contribution < 1.29 is 34.1 Å². The minimum atomic E-state index is -1.01. The summed E-state index contributed by atoms with van der Waals surface area (Å²) in [6.45, 7) is 1.98. The number of ether oxygens (including phenoxy) is 2. The van der Waals surface area contributed by atoms with Crippen LogP contribution >= 0.6 is 11.6 Å². The largest absolute Gasteiger partial charge is 0.490 e. The molecule has 212 valence electrons. The van der Waals surface area contributed by atoms with E-state index in [-0.39, 0.29) is 31.0 Å². The molecular weight excluding hydrogens is 540 g/mol. The molecule has 40 heavy (non-hydrogen) atoms. The minimum Gasteiger partial charge on any atom is -0.490 e. The number of carbonyl (C=O) groups is 3. The van der Waals surface area contributed by atoms with Gasteiger partial charge in [-0.1, -0.05) is 11.6 Å². The first kappa shape index (κ1) is 31.6. The van der Waals surface area contributed by atoms with Gasteiger partial charge in [-0.05, 0) is 67.1 Å². The van der Waals surface area contributed by atoms with Crippen LogP contribution in [0.2, 0.25) is 5.02 Å². The summed E-state index contributed by atoms with van der Waals surface area (Å²) in [6.07, 6.45) is 0.362. The van der Waals surface area contributed by atoms with Gasteiger partial charge in [0.2, 0.25) is 0 Å². The molecule has 12 heteroatoms. The van der Waals surface area contributed by atoms with Gasteiger partial charge in [-0.15, -0.1) is 0 Å².